The summed E-state index contributed by atoms with van der Waals surface area (Å²) < 4.78 is 12.1. The van der Waals surface area contributed by atoms with E-state index in [9.17, 15) is 0 Å². The fraction of sp³-hybridized carbons (Fsp3) is 0.727. The minimum atomic E-state index is -0.341. The van der Waals surface area contributed by atoms with Gasteiger partial charge in [-0.05, 0) is 13.0 Å². The molecule has 3 heterocycles. The lowest BCUT2D eigenvalue weighted by Gasteiger charge is -2.38. The van der Waals surface area contributed by atoms with Crippen molar-refractivity contribution in [3.05, 3.63) is 15.5 Å². The van der Waals surface area contributed by atoms with Gasteiger partial charge in [0, 0.05) is 24.0 Å². The maximum absolute atomic E-state index is 5.84. The van der Waals surface area contributed by atoms with Gasteiger partial charge >= 0.3 is 0 Å². The first-order chi connectivity index (χ1) is 8.26. The average Bonchev–Trinajstić information content (AvgIpc) is 2.89. The number of nitrogens with zero attached hydrogens (tertiary/aromatic N) is 2. The Morgan fingerprint density at radius 2 is 2.29 bits per heavy atom. The van der Waals surface area contributed by atoms with Gasteiger partial charge in [-0.15, -0.1) is 11.3 Å². The van der Waals surface area contributed by atoms with Crippen LogP contribution in [0.4, 0.5) is 0 Å². The highest BCUT2D eigenvalue weighted by molar-refractivity contribution is 7.15. The maximum atomic E-state index is 5.84. The summed E-state index contributed by atoms with van der Waals surface area (Å²) in [6, 6.07) is 0. The number of halogens is 1. The number of aromatic nitrogens is 1. The van der Waals surface area contributed by atoms with Crippen LogP contribution in [0.15, 0.2) is 6.20 Å². The Hall–Kier alpha value is -0.200. The van der Waals surface area contributed by atoms with Crippen molar-refractivity contribution >= 4 is 22.9 Å². The number of ether oxygens (including phenoxy) is 2. The van der Waals surface area contributed by atoms with Gasteiger partial charge in [-0.2, -0.15) is 0 Å². The van der Waals surface area contributed by atoms with Crippen molar-refractivity contribution in [2.45, 2.75) is 25.2 Å². The van der Waals surface area contributed by atoms with Crippen molar-refractivity contribution in [2.24, 2.45) is 0 Å². The minimum absolute atomic E-state index is 0.341. The quantitative estimate of drug-likeness (QED) is 0.828. The molecule has 94 valence electrons. The van der Waals surface area contributed by atoms with Crippen LogP contribution in [-0.2, 0) is 16.0 Å². The number of piperidine rings is 1. The molecular weight excluding hydrogens is 260 g/mol. The highest BCUT2D eigenvalue weighted by Gasteiger charge is 2.40. The second kappa shape index (κ2) is 4.82. The first-order valence-electron chi connectivity index (χ1n) is 5.86. The van der Waals surface area contributed by atoms with E-state index >= 15 is 0 Å². The summed E-state index contributed by atoms with van der Waals surface area (Å²) in [5.41, 5.74) is 0. The molecule has 4 nitrogen and oxygen atoms in total. The molecule has 0 saturated carbocycles. The van der Waals surface area contributed by atoms with E-state index in [-0.39, 0.29) is 5.79 Å². The topological polar surface area (TPSA) is 34.6 Å². The summed E-state index contributed by atoms with van der Waals surface area (Å²) in [5, 5.41) is 0. The molecule has 2 saturated heterocycles. The van der Waals surface area contributed by atoms with Crippen LogP contribution < -0.4 is 0 Å². The van der Waals surface area contributed by atoms with Crippen molar-refractivity contribution in [3.8, 4) is 0 Å². The second-order valence-electron chi connectivity index (χ2n) is 4.50. The summed E-state index contributed by atoms with van der Waals surface area (Å²) in [7, 11) is 0. The molecule has 1 spiro atoms. The van der Waals surface area contributed by atoms with E-state index in [0.29, 0.717) is 4.47 Å². The summed E-state index contributed by atoms with van der Waals surface area (Å²) >= 11 is 7.38. The molecule has 0 aliphatic carbocycles. The Bertz CT molecular complexity index is 393. The molecule has 6 heteroatoms. The molecule has 1 aromatic rings. The molecule has 0 radical (unpaired) electrons. The largest absolute Gasteiger partial charge is 0.346 e. The van der Waals surface area contributed by atoms with Gasteiger partial charge in [-0.25, -0.2) is 4.98 Å². The Morgan fingerprint density at radius 1 is 1.47 bits per heavy atom. The third-order valence-electron chi connectivity index (χ3n) is 3.21. The molecule has 2 aliphatic heterocycles. The summed E-state index contributed by atoms with van der Waals surface area (Å²) in [6.45, 7) is 4.27. The van der Waals surface area contributed by atoms with E-state index in [1.165, 1.54) is 4.88 Å². The van der Waals surface area contributed by atoms with E-state index in [2.05, 4.69) is 9.88 Å². The molecule has 0 aromatic carbocycles. The van der Waals surface area contributed by atoms with Crippen LogP contribution >= 0.6 is 22.9 Å². The fourth-order valence-corrected chi connectivity index (χ4v) is 3.54. The Kier molecular flexibility index (Phi) is 3.36. The first-order valence-corrected chi connectivity index (χ1v) is 7.06. The van der Waals surface area contributed by atoms with E-state index in [1.54, 1.807) is 11.3 Å². The lowest BCUT2D eigenvalue weighted by molar-refractivity contribution is -0.190. The summed E-state index contributed by atoms with van der Waals surface area (Å²) in [4.78, 5) is 7.62. The molecule has 1 aromatic heterocycles. The molecule has 2 aliphatic rings. The van der Waals surface area contributed by atoms with Crippen molar-refractivity contribution in [2.75, 3.05) is 26.3 Å². The van der Waals surface area contributed by atoms with Crippen molar-refractivity contribution in [1.82, 2.24) is 9.88 Å². The fourth-order valence-electron chi connectivity index (χ4n) is 2.52. The zero-order chi connectivity index (χ0) is 11.7. The molecule has 2 fully saturated rings. The van der Waals surface area contributed by atoms with Crippen LogP contribution in [0.1, 0.15) is 17.7 Å². The summed E-state index contributed by atoms with van der Waals surface area (Å²) in [5.74, 6) is -0.341. The van der Waals surface area contributed by atoms with Gasteiger partial charge in [0.2, 0.25) is 0 Å². The van der Waals surface area contributed by atoms with Gasteiger partial charge in [-0.3, -0.25) is 4.90 Å². The van der Waals surface area contributed by atoms with Gasteiger partial charge in [0.25, 0.3) is 0 Å². The number of hydrogen-bond donors (Lipinski definition) is 0. The standard InChI is InChI=1S/C11H15ClN2O2S/c12-10-13-6-9(17-10)7-14-3-1-2-11(8-14)15-4-5-16-11/h6H,1-5,7-8H2. The van der Waals surface area contributed by atoms with Gasteiger partial charge in [0.1, 0.15) is 0 Å². The maximum Gasteiger partial charge on any atom is 0.183 e. The monoisotopic (exact) mass is 274 g/mol. The zero-order valence-electron chi connectivity index (χ0n) is 9.52. The van der Waals surface area contributed by atoms with E-state index in [4.69, 9.17) is 21.1 Å². The lowest BCUT2D eigenvalue weighted by atomic mass is 10.0. The highest BCUT2D eigenvalue weighted by atomic mass is 35.5. The Balaban J connectivity index is 1.64. The molecule has 0 N–H and O–H groups in total. The second-order valence-corrected chi connectivity index (χ2v) is 6.20. The van der Waals surface area contributed by atoms with Crippen molar-refractivity contribution in [1.29, 1.82) is 0 Å². The predicted molar refractivity (Wildman–Crippen MR) is 66.3 cm³/mol. The molecule has 0 unspecified atom stereocenters. The smallest absolute Gasteiger partial charge is 0.183 e. The van der Waals surface area contributed by atoms with E-state index in [0.717, 1.165) is 45.7 Å². The van der Waals surface area contributed by atoms with Crippen molar-refractivity contribution in [3.63, 3.8) is 0 Å². The molecule has 17 heavy (non-hydrogen) atoms. The van der Waals surface area contributed by atoms with Crippen LogP contribution in [0.25, 0.3) is 0 Å². The van der Waals surface area contributed by atoms with Crippen LogP contribution in [0.2, 0.25) is 4.47 Å². The van der Waals surface area contributed by atoms with Gasteiger partial charge < -0.3 is 9.47 Å². The first kappa shape index (κ1) is 11.9. The average molecular weight is 275 g/mol. The van der Waals surface area contributed by atoms with Gasteiger partial charge in [0.05, 0.1) is 19.8 Å². The highest BCUT2D eigenvalue weighted by Crippen LogP contribution is 2.31. The van der Waals surface area contributed by atoms with E-state index < -0.39 is 0 Å². The molecule has 3 rings (SSSR count). The third kappa shape index (κ3) is 2.63. The number of likely N-dealkylation sites (tertiary alicyclic amines) is 1. The molecule has 0 amide bonds. The van der Waals surface area contributed by atoms with Gasteiger partial charge in [0.15, 0.2) is 10.3 Å². The summed E-state index contributed by atoms with van der Waals surface area (Å²) in [6.07, 6.45) is 3.98. The molecular formula is C11H15ClN2O2S. The Morgan fingerprint density at radius 3 is 3.00 bits per heavy atom. The SMILES string of the molecule is Clc1ncc(CN2CCCC3(C2)OCCO3)s1. The number of thiazole rings is 1. The number of rotatable bonds is 2. The predicted octanol–water partition coefficient (Wildman–Crippen LogP) is 2.14. The van der Waals surface area contributed by atoms with Crippen LogP contribution in [0, 0.1) is 0 Å². The Labute approximate surface area is 109 Å². The lowest BCUT2D eigenvalue weighted by Crippen LogP contribution is -2.48. The third-order valence-corrected chi connectivity index (χ3v) is 4.31. The number of hydrogen-bond acceptors (Lipinski definition) is 5. The van der Waals surface area contributed by atoms with Crippen LogP contribution in [0.3, 0.4) is 0 Å². The van der Waals surface area contributed by atoms with Gasteiger partial charge in [-0.1, -0.05) is 11.6 Å². The minimum Gasteiger partial charge on any atom is -0.346 e. The van der Waals surface area contributed by atoms with Crippen LogP contribution in [-0.4, -0.2) is 42.0 Å². The van der Waals surface area contributed by atoms with Crippen molar-refractivity contribution < 1.29 is 9.47 Å². The molecule has 0 bridgehead atoms. The zero-order valence-corrected chi connectivity index (χ0v) is 11.1. The molecule has 0 atom stereocenters. The normalized spacial score (nSPS) is 24.5. The van der Waals surface area contributed by atoms with E-state index in [1.807, 2.05) is 6.20 Å². The van der Waals surface area contributed by atoms with Crippen LogP contribution in [0.5, 0.6) is 0 Å².